The van der Waals surface area contributed by atoms with Crippen LogP contribution in [0, 0.1) is 5.92 Å². The number of sulfonamides is 1. The molecular weight excluding hydrogens is 360 g/mol. The van der Waals surface area contributed by atoms with Crippen molar-refractivity contribution in [1.29, 1.82) is 0 Å². The Morgan fingerprint density at radius 1 is 1.16 bits per heavy atom. The molecule has 1 amide bonds. The molecule has 9 heteroatoms. The smallest absolute Gasteiger partial charge is 0.270 e. The van der Waals surface area contributed by atoms with E-state index in [1.165, 1.54) is 5.56 Å². The van der Waals surface area contributed by atoms with Crippen molar-refractivity contribution in [2.75, 3.05) is 5.32 Å². The molecular formula is C16H22N4O3S2. The molecule has 7 nitrogen and oxygen atoms in total. The van der Waals surface area contributed by atoms with E-state index in [0.29, 0.717) is 0 Å². The van der Waals surface area contributed by atoms with Crippen LogP contribution in [0.4, 0.5) is 5.13 Å². The molecule has 25 heavy (non-hydrogen) atoms. The fourth-order valence-corrected chi connectivity index (χ4v) is 4.16. The largest absolute Gasteiger partial charge is 0.300 e. The molecule has 0 aliphatic carbocycles. The molecule has 0 aliphatic heterocycles. The normalized spacial score (nSPS) is 13.0. The third-order valence-corrected chi connectivity index (χ3v) is 6.36. The Hall–Kier alpha value is -1.84. The summed E-state index contributed by atoms with van der Waals surface area (Å²) in [4.78, 5) is 11.6. The van der Waals surface area contributed by atoms with Crippen LogP contribution in [0.2, 0.25) is 0 Å². The lowest BCUT2D eigenvalue weighted by molar-refractivity contribution is -0.118. The number of carbonyl (C=O) groups excluding carboxylic acids is 1. The summed E-state index contributed by atoms with van der Waals surface area (Å²) in [7, 11) is -3.81. The zero-order chi connectivity index (χ0) is 18.6. The summed E-state index contributed by atoms with van der Waals surface area (Å²) in [5.74, 6) is -0.467. The molecule has 2 aromatic rings. The maximum absolute atomic E-state index is 12.5. The van der Waals surface area contributed by atoms with Crippen molar-refractivity contribution in [2.45, 2.75) is 44.5 Å². The first-order valence-electron chi connectivity index (χ1n) is 7.98. The van der Waals surface area contributed by atoms with Gasteiger partial charge in [-0.25, -0.2) is 13.1 Å². The second kappa shape index (κ2) is 8.03. The molecule has 2 rings (SSSR count). The number of carbonyl (C=O) groups is 1. The zero-order valence-electron chi connectivity index (χ0n) is 14.6. The number of nitrogens with zero attached hydrogens (tertiary/aromatic N) is 2. The highest BCUT2D eigenvalue weighted by molar-refractivity contribution is 7.91. The van der Waals surface area contributed by atoms with Crippen molar-refractivity contribution < 1.29 is 13.2 Å². The Morgan fingerprint density at radius 3 is 2.36 bits per heavy atom. The van der Waals surface area contributed by atoms with Gasteiger partial charge in [-0.15, -0.1) is 10.2 Å². The summed E-state index contributed by atoms with van der Waals surface area (Å²) in [6.45, 7) is 7.30. The van der Waals surface area contributed by atoms with Gasteiger partial charge in [0.2, 0.25) is 15.4 Å². The fourth-order valence-electron chi connectivity index (χ4n) is 2.01. The van der Waals surface area contributed by atoms with Gasteiger partial charge >= 0.3 is 0 Å². The van der Waals surface area contributed by atoms with Crippen LogP contribution in [0.3, 0.4) is 0 Å². The summed E-state index contributed by atoms with van der Waals surface area (Å²) in [5, 5.41) is 10.1. The molecule has 2 N–H and O–H groups in total. The van der Waals surface area contributed by atoms with Gasteiger partial charge in [0.05, 0.1) is 0 Å². The summed E-state index contributed by atoms with van der Waals surface area (Å²) >= 11 is 0.824. The van der Waals surface area contributed by atoms with Crippen molar-refractivity contribution in [3.63, 3.8) is 0 Å². The molecule has 0 unspecified atom stereocenters. The average Bonchev–Trinajstić information content (AvgIpc) is 3.04. The van der Waals surface area contributed by atoms with Crippen molar-refractivity contribution in [3.05, 3.63) is 35.4 Å². The number of nitrogens with one attached hydrogen (secondary N) is 2. The van der Waals surface area contributed by atoms with Gasteiger partial charge in [-0.2, -0.15) is 0 Å². The van der Waals surface area contributed by atoms with E-state index in [1.807, 2.05) is 24.3 Å². The van der Waals surface area contributed by atoms with Crippen molar-refractivity contribution in [3.8, 4) is 0 Å². The predicted molar refractivity (Wildman–Crippen MR) is 97.9 cm³/mol. The molecule has 136 valence electrons. The van der Waals surface area contributed by atoms with E-state index in [1.54, 1.807) is 20.8 Å². The summed E-state index contributed by atoms with van der Waals surface area (Å²) in [6.07, 6.45) is 0.927. The quantitative estimate of drug-likeness (QED) is 0.717. The Kier molecular flexibility index (Phi) is 6.26. The number of rotatable bonds is 7. The topological polar surface area (TPSA) is 101 Å². The van der Waals surface area contributed by atoms with E-state index in [-0.39, 0.29) is 21.3 Å². The molecule has 0 saturated carbocycles. The Bertz CT molecular complexity index is 829. The minimum absolute atomic E-state index is 0.166. The maximum Gasteiger partial charge on any atom is 0.270 e. The van der Waals surface area contributed by atoms with Gasteiger partial charge in [0, 0.05) is 12.0 Å². The van der Waals surface area contributed by atoms with E-state index in [4.69, 9.17) is 0 Å². The summed E-state index contributed by atoms with van der Waals surface area (Å²) < 4.78 is 27.3. The van der Waals surface area contributed by atoms with E-state index in [0.717, 1.165) is 23.3 Å². The number of aryl methyl sites for hydroxylation is 1. The maximum atomic E-state index is 12.5. The van der Waals surface area contributed by atoms with Crippen molar-refractivity contribution in [2.24, 2.45) is 5.92 Å². The summed E-state index contributed by atoms with van der Waals surface area (Å²) in [5.41, 5.74) is 2.05. The number of anilines is 1. The lowest BCUT2D eigenvalue weighted by atomic mass is 10.1. The molecule has 1 aromatic carbocycles. The van der Waals surface area contributed by atoms with Crippen LogP contribution in [0.1, 0.15) is 44.9 Å². The summed E-state index contributed by atoms with van der Waals surface area (Å²) in [6, 6.07) is 7.35. The minimum Gasteiger partial charge on any atom is -0.300 e. The zero-order valence-corrected chi connectivity index (χ0v) is 16.2. The average molecular weight is 383 g/mol. The van der Waals surface area contributed by atoms with Crippen molar-refractivity contribution >= 4 is 32.4 Å². The van der Waals surface area contributed by atoms with E-state index in [2.05, 4.69) is 27.2 Å². The van der Waals surface area contributed by atoms with Gasteiger partial charge in [-0.05, 0) is 24.5 Å². The Morgan fingerprint density at radius 2 is 1.80 bits per heavy atom. The molecule has 0 saturated heterocycles. The monoisotopic (exact) mass is 382 g/mol. The molecule has 0 aliphatic rings. The van der Waals surface area contributed by atoms with Crippen LogP contribution >= 0.6 is 11.3 Å². The number of hydrogen-bond acceptors (Lipinski definition) is 6. The van der Waals surface area contributed by atoms with Gasteiger partial charge in [0.1, 0.15) is 0 Å². The Labute approximate surface area is 151 Å². The first-order chi connectivity index (χ1) is 11.7. The van der Waals surface area contributed by atoms with Crippen LogP contribution < -0.4 is 10.0 Å². The highest BCUT2D eigenvalue weighted by Gasteiger charge is 2.24. The molecule has 1 aromatic heterocycles. The third kappa shape index (κ3) is 5.07. The van der Waals surface area contributed by atoms with Crippen LogP contribution in [0.25, 0.3) is 0 Å². The third-order valence-electron chi connectivity index (χ3n) is 3.61. The second-order valence-electron chi connectivity index (χ2n) is 5.96. The highest BCUT2D eigenvalue weighted by atomic mass is 32.2. The molecule has 0 spiro atoms. The van der Waals surface area contributed by atoms with Crippen LogP contribution in [0.15, 0.2) is 28.6 Å². The lowest BCUT2D eigenvalue weighted by Gasteiger charge is -2.13. The number of amides is 1. The standard InChI is InChI=1S/C16H22N4O3S2/c1-5-12-6-8-13(9-7-12)11(4)20-25(22,23)16-19-18-15(24-16)17-14(21)10(2)3/h6-11,20H,5H2,1-4H3,(H,17,18,21)/t11-/m0/s1. The number of aromatic nitrogens is 2. The lowest BCUT2D eigenvalue weighted by Crippen LogP contribution is -2.26. The van der Waals surface area contributed by atoms with Crippen LogP contribution in [-0.2, 0) is 21.2 Å². The predicted octanol–water partition coefficient (Wildman–Crippen LogP) is 2.73. The van der Waals surface area contributed by atoms with Gasteiger partial charge in [0.15, 0.2) is 0 Å². The minimum atomic E-state index is -3.81. The van der Waals surface area contributed by atoms with E-state index < -0.39 is 16.1 Å². The first-order valence-corrected chi connectivity index (χ1v) is 10.3. The van der Waals surface area contributed by atoms with Gasteiger partial charge in [0.25, 0.3) is 10.0 Å². The van der Waals surface area contributed by atoms with Gasteiger partial charge < -0.3 is 5.32 Å². The molecule has 0 radical (unpaired) electrons. The second-order valence-corrected chi connectivity index (χ2v) is 8.82. The molecule has 0 fully saturated rings. The first kappa shape index (κ1) is 19.5. The molecule has 1 heterocycles. The fraction of sp³-hybridized carbons (Fsp3) is 0.438. The van der Waals surface area contributed by atoms with Crippen LogP contribution in [0.5, 0.6) is 0 Å². The molecule has 0 bridgehead atoms. The van der Waals surface area contributed by atoms with Crippen LogP contribution in [-0.4, -0.2) is 24.5 Å². The van der Waals surface area contributed by atoms with E-state index >= 15 is 0 Å². The van der Waals surface area contributed by atoms with Gasteiger partial charge in [-0.3, -0.25) is 4.79 Å². The SMILES string of the molecule is CCc1ccc([C@H](C)NS(=O)(=O)c2nnc(NC(=O)C(C)C)s2)cc1. The van der Waals surface area contributed by atoms with E-state index in [9.17, 15) is 13.2 Å². The number of hydrogen-bond donors (Lipinski definition) is 2. The Balaban J connectivity index is 2.10. The van der Waals surface area contributed by atoms with Gasteiger partial charge in [-0.1, -0.05) is 56.4 Å². The van der Waals surface area contributed by atoms with Crippen molar-refractivity contribution in [1.82, 2.24) is 14.9 Å². The molecule has 1 atom stereocenters. The highest BCUT2D eigenvalue weighted by Crippen LogP contribution is 2.23. The number of benzene rings is 1.